The molecule has 2 aliphatic rings. The molecule has 0 spiro atoms. The zero-order valence-electron chi connectivity index (χ0n) is 13.0. The van der Waals surface area contributed by atoms with Crippen LogP contribution >= 0.6 is 0 Å². The van der Waals surface area contributed by atoms with Crippen molar-refractivity contribution >= 4 is 0 Å². The second kappa shape index (κ2) is 7.61. The van der Waals surface area contributed by atoms with E-state index >= 15 is 0 Å². The number of hydrogen-bond donors (Lipinski definition) is 1. The van der Waals surface area contributed by atoms with Gasteiger partial charge in [-0.2, -0.15) is 0 Å². The number of nitrogens with zero attached hydrogens (tertiary/aromatic N) is 1. The monoisotopic (exact) mass is 268 g/mol. The summed E-state index contributed by atoms with van der Waals surface area (Å²) in [6.45, 7) is 11.6. The lowest BCUT2D eigenvalue weighted by Gasteiger charge is -2.38. The van der Waals surface area contributed by atoms with E-state index in [0.717, 1.165) is 12.6 Å². The lowest BCUT2D eigenvalue weighted by Crippen LogP contribution is -2.49. The Bertz CT molecular complexity index is 249. The van der Waals surface area contributed by atoms with Gasteiger partial charge >= 0.3 is 0 Å². The number of likely N-dealkylation sites (tertiary alicyclic amines) is 1. The third-order valence-corrected chi connectivity index (χ3v) is 4.66. The third-order valence-electron chi connectivity index (χ3n) is 4.66. The molecule has 0 saturated carbocycles. The Labute approximate surface area is 119 Å². The smallest absolute Gasteiger partial charge is 0.0612 e. The molecule has 0 bridgehead atoms. The van der Waals surface area contributed by atoms with Crippen LogP contribution in [0.2, 0.25) is 0 Å². The van der Waals surface area contributed by atoms with E-state index in [9.17, 15) is 0 Å². The van der Waals surface area contributed by atoms with E-state index in [1.54, 1.807) is 0 Å². The second-order valence-electron chi connectivity index (χ2n) is 6.66. The van der Waals surface area contributed by atoms with Crippen LogP contribution in [-0.4, -0.2) is 49.3 Å². The van der Waals surface area contributed by atoms with Crippen molar-refractivity contribution in [1.29, 1.82) is 0 Å². The summed E-state index contributed by atoms with van der Waals surface area (Å²) in [5, 5.41) is 3.90. The van der Waals surface area contributed by atoms with Crippen LogP contribution in [0.3, 0.4) is 0 Å². The first-order valence-electron chi connectivity index (χ1n) is 8.29. The Morgan fingerprint density at radius 3 is 2.53 bits per heavy atom. The molecule has 0 radical (unpaired) electrons. The van der Waals surface area contributed by atoms with Gasteiger partial charge in [-0.3, -0.25) is 0 Å². The molecule has 2 rings (SSSR count). The highest BCUT2D eigenvalue weighted by atomic mass is 16.5. The van der Waals surface area contributed by atoms with Gasteiger partial charge in [0.05, 0.1) is 6.10 Å². The maximum Gasteiger partial charge on any atom is 0.0612 e. The van der Waals surface area contributed by atoms with Crippen molar-refractivity contribution in [2.24, 2.45) is 5.92 Å². The van der Waals surface area contributed by atoms with Gasteiger partial charge in [0.2, 0.25) is 0 Å². The maximum atomic E-state index is 5.86. The summed E-state index contributed by atoms with van der Waals surface area (Å²) in [7, 11) is 0. The fraction of sp³-hybridized carbons (Fsp3) is 1.00. The van der Waals surface area contributed by atoms with Crippen molar-refractivity contribution < 1.29 is 4.74 Å². The van der Waals surface area contributed by atoms with Crippen LogP contribution in [0.25, 0.3) is 0 Å². The van der Waals surface area contributed by atoms with Gasteiger partial charge in [0, 0.05) is 18.7 Å². The molecular formula is C16H32N2O. The molecule has 2 aliphatic heterocycles. The van der Waals surface area contributed by atoms with Crippen LogP contribution in [0.1, 0.15) is 52.9 Å². The first kappa shape index (κ1) is 15.3. The molecule has 1 N–H and O–H groups in total. The molecule has 0 aromatic carbocycles. The molecule has 2 atom stereocenters. The largest absolute Gasteiger partial charge is 0.378 e. The highest BCUT2D eigenvalue weighted by Gasteiger charge is 2.27. The summed E-state index contributed by atoms with van der Waals surface area (Å²) in [6, 6.07) is 1.42. The zero-order valence-corrected chi connectivity index (χ0v) is 13.0. The molecule has 3 nitrogen and oxygen atoms in total. The molecule has 0 amide bonds. The number of ether oxygens (including phenoxy) is 1. The number of piperidine rings is 1. The van der Waals surface area contributed by atoms with Gasteiger partial charge < -0.3 is 15.0 Å². The van der Waals surface area contributed by atoms with Crippen molar-refractivity contribution in [3.63, 3.8) is 0 Å². The minimum Gasteiger partial charge on any atom is -0.378 e. The molecule has 2 unspecified atom stereocenters. The molecule has 2 saturated heterocycles. The SMILES string of the molecule is CCCN1CCC(NC2CCOC(C(C)C)C2)CC1. The van der Waals surface area contributed by atoms with Gasteiger partial charge in [-0.05, 0) is 57.7 Å². The Kier molecular flexibility index (Phi) is 6.11. The van der Waals surface area contributed by atoms with Gasteiger partial charge in [-0.1, -0.05) is 20.8 Å². The van der Waals surface area contributed by atoms with E-state index < -0.39 is 0 Å². The summed E-state index contributed by atoms with van der Waals surface area (Å²) in [5.41, 5.74) is 0. The predicted molar refractivity (Wildman–Crippen MR) is 80.5 cm³/mol. The fourth-order valence-electron chi connectivity index (χ4n) is 3.42. The van der Waals surface area contributed by atoms with Crippen molar-refractivity contribution in [3.8, 4) is 0 Å². The van der Waals surface area contributed by atoms with Crippen LogP contribution in [0.15, 0.2) is 0 Å². The molecule has 0 aliphatic carbocycles. The Morgan fingerprint density at radius 2 is 1.89 bits per heavy atom. The summed E-state index contributed by atoms with van der Waals surface area (Å²) in [5.74, 6) is 0.649. The van der Waals surface area contributed by atoms with E-state index in [4.69, 9.17) is 4.74 Å². The molecule has 112 valence electrons. The number of nitrogens with one attached hydrogen (secondary N) is 1. The highest BCUT2D eigenvalue weighted by molar-refractivity contribution is 4.84. The average molecular weight is 268 g/mol. The van der Waals surface area contributed by atoms with Gasteiger partial charge in [0.15, 0.2) is 0 Å². The molecule has 3 heteroatoms. The van der Waals surface area contributed by atoms with E-state index in [2.05, 4.69) is 31.0 Å². The zero-order chi connectivity index (χ0) is 13.7. The Hall–Kier alpha value is -0.120. The van der Waals surface area contributed by atoms with Gasteiger partial charge in [0.1, 0.15) is 0 Å². The van der Waals surface area contributed by atoms with Crippen LogP contribution in [0, 0.1) is 5.92 Å². The molecule has 19 heavy (non-hydrogen) atoms. The van der Waals surface area contributed by atoms with E-state index in [1.807, 2.05) is 0 Å². The van der Waals surface area contributed by atoms with Crippen molar-refractivity contribution in [1.82, 2.24) is 10.2 Å². The average Bonchev–Trinajstić information content (AvgIpc) is 2.42. The van der Waals surface area contributed by atoms with Gasteiger partial charge in [-0.25, -0.2) is 0 Å². The van der Waals surface area contributed by atoms with Crippen molar-refractivity contribution in [3.05, 3.63) is 0 Å². The lowest BCUT2D eigenvalue weighted by atomic mass is 9.93. The topological polar surface area (TPSA) is 24.5 Å². The quantitative estimate of drug-likeness (QED) is 0.829. The summed E-state index contributed by atoms with van der Waals surface area (Å²) in [6.07, 6.45) is 6.79. The minimum absolute atomic E-state index is 0.464. The highest BCUT2D eigenvalue weighted by Crippen LogP contribution is 2.22. The normalized spacial score (nSPS) is 30.9. The standard InChI is InChI=1S/C16H32N2O/c1-4-8-18-9-5-14(6-10-18)17-15-7-11-19-16(12-15)13(2)3/h13-17H,4-12H2,1-3H3. The number of rotatable bonds is 5. The molecule has 0 aromatic heterocycles. The third kappa shape index (κ3) is 4.73. The van der Waals surface area contributed by atoms with E-state index in [1.165, 1.54) is 51.7 Å². The van der Waals surface area contributed by atoms with Crippen LogP contribution in [0.4, 0.5) is 0 Å². The molecule has 2 heterocycles. The minimum atomic E-state index is 0.464. The van der Waals surface area contributed by atoms with Crippen LogP contribution in [-0.2, 0) is 4.74 Å². The Morgan fingerprint density at radius 1 is 1.16 bits per heavy atom. The van der Waals surface area contributed by atoms with Crippen LogP contribution in [0.5, 0.6) is 0 Å². The maximum absolute atomic E-state index is 5.86. The van der Waals surface area contributed by atoms with Crippen LogP contribution < -0.4 is 5.32 Å². The number of hydrogen-bond acceptors (Lipinski definition) is 3. The fourth-order valence-corrected chi connectivity index (χ4v) is 3.42. The van der Waals surface area contributed by atoms with E-state index in [-0.39, 0.29) is 0 Å². The molecular weight excluding hydrogens is 236 g/mol. The summed E-state index contributed by atoms with van der Waals surface area (Å²) < 4.78 is 5.86. The lowest BCUT2D eigenvalue weighted by molar-refractivity contribution is -0.0270. The van der Waals surface area contributed by atoms with Gasteiger partial charge in [-0.15, -0.1) is 0 Å². The summed E-state index contributed by atoms with van der Waals surface area (Å²) in [4.78, 5) is 2.61. The first-order chi connectivity index (χ1) is 9.19. The summed E-state index contributed by atoms with van der Waals surface area (Å²) >= 11 is 0. The van der Waals surface area contributed by atoms with E-state index in [0.29, 0.717) is 18.1 Å². The van der Waals surface area contributed by atoms with Crippen molar-refractivity contribution in [2.45, 2.75) is 71.1 Å². The molecule has 2 fully saturated rings. The predicted octanol–water partition coefficient (Wildman–Crippen LogP) is 2.65. The Balaban J connectivity index is 1.70. The van der Waals surface area contributed by atoms with Crippen molar-refractivity contribution in [2.75, 3.05) is 26.2 Å². The second-order valence-corrected chi connectivity index (χ2v) is 6.66. The molecule has 0 aromatic rings. The van der Waals surface area contributed by atoms with Gasteiger partial charge in [0.25, 0.3) is 0 Å². The first-order valence-corrected chi connectivity index (χ1v) is 8.29.